The van der Waals surface area contributed by atoms with Crippen LogP contribution in [0.2, 0.25) is 0 Å². The fraction of sp³-hybridized carbons (Fsp3) is 0.350. The van der Waals surface area contributed by atoms with Crippen LogP contribution in [0.25, 0.3) is 0 Å². The fourth-order valence-electron chi connectivity index (χ4n) is 3.03. The molecule has 1 amide bonds. The second kappa shape index (κ2) is 7.15. The maximum absolute atomic E-state index is 12.6. The molecule has 132 valence electrons. The van der Waals surface area contributed by atoms with E-state index in [-0.39, 0.29) is 18.4 Å². The lowest BCUT2D eigenvalue weighted by molar-refractivity contribution is 0.0135. The summed E-state index contributed by atoms with van der Waals surface area (Å²) in [6.07, 6.45) is 1.93. The van der Waals surface area contributed by atoms with Gasteiger partial charge in [-0.3, -0.25) is 4.79 Å². The first kappa shape index (κ1) is 17.3. The van der Waals surface area contributed by atoms with Gasteiger partial charge in [-0.2, -0.15) is 0 Å². The van der Waals surface area contributed by atoms with Gasteiger partial charge in [0.15, 0.2) is 0 Å². The van der Waals surface area contributed by atoms with Crippen LogP contribution in [0.4, 0.5) is 0 Å². The van der Waals surface area contributed by atoms with E-state index >= 15 is 0 Å². The van der Waals surface area contributed by atoms with Gasteiger partial charge in [0.1, 0.15) is 17.1 Å². The lowest BCUT2D eigenvalue weighted by Crippen LogP contribution is -2.42. The zero-order valence-corrected chi connectivity index (χ0v) is 14.5. The molecule has 3 rings (SSSR count). The molecule has 2 N–H and O–H groups in total. The molecule has 0 aromatic heterocycles. The highest BCUT2D eigenvalue weighted by atomic mass is 16.5. The molecular formula is C20H23NO4. The highest BCUT2D eigenvalue weighted by Gasteiger charge is 2.45. The van der Waals surface area contributed by atoms with Crippen molar-refractivity contribution in [3.63, 3.8) is 0 Å². The number of carbonyl (C=O) groups is 1. The summed E-state index contributed by atoms with van der Waals surface area (Å²) in [7, 11) is 3.08. The first-order valence-electron chi connectivity index (χ1n) is 8.36. The number of rotatable bonds is 7. The number of ether oxygens (including phenoxy) is 2. The molecule has 1 atom stereocenters. The van der Waals surface area contributed by atoms with E-state index in [1.165, 1.54) is 14.2 Å². The minimum Gasteiger partial charge on any atom is -0.497 e. The van der Waals surface area contributed by atoms with E-state index in [1.54, 1.807) is 18.2 Å². The van der Waals surface area contributed by atoms with E-state index in [4.69, 9.17) is 9.47 Å². The van der Waals surface area contributed by atoms with E-state index in [0.717, 1.165) is 18.4 Å². The maximum Gasteiger partial charge on any atom is 0.251 e. The first-order valence-corrected chi connectivity index (χ1v) is 8.36. The number of carbonyl (C=O) groups excluding carboxylic acids is 1. The molecule has 0 radical (unpaired) electrons. The van der Waals surface area contributed by atoms with Crippen LogP contribution in [0.1, 0.15) is 28.8 Å². The second-order valence-electron chi connectivity index (χ2n) is 6.35. The largest absolute Gasteiger partial charge is 0.497 e. The van der Waals surface area contributed by atoms with Gasteiger partial charge in [0, 0.05) is 11.6 Å². The molecule has 5 heteroatoms. The summed E-state index contributed by atoms with van der Waals surface area (Å²) >= 11 is 0. The van der Waals surface area contributed by atoms with Crippen molar-refractivity contribution in [3.8, 4) is 11.5 Å². The van der Waals surface area contributed by atoms with Crippen LogP contribution in [0.5, 0.6) is 11.5 Å². The predicted octanol–water partition coefficient (Wildman–Crippen LogP) is 2.73. The number of aliphatic hydroxyl groups is 1. The highest BCUT2D eigenvalue weighted by molar-refractivity contribution is 5.95. The van der Waals surface area contributed by atoms with Crippen molar-refractivity contribution < 1.29 is 19.4 Å². The third kappa shape index (κ3) is 3.77. The number of methoxy groups -OCH3 is 2. The van der Waals surface area contributed by atoms with Crippen molar-refractivity contribution >= 4 is 5.91 Å². The minimum absolute atomic E-state index is 0.167. The molecule has 1 saturated carbocycles. The number of hydrogen-bond donors (Lipinski definition) is 2. The quantitative estimate of drug-likeness (QED) is 0.813. The summed E-state index contributed by atoms with van der Waals surface area (Å²) in [5, 5.41) is 14.0. The lowest BCUT2D eigenvalue weighted by atomic mass is 9.88. The van der Waals surface area contributed by atoms with Crippen molar-refractivity contribution in [1.82, 2.24) is 5.32 Å². The van der Waals surface area contributed by atoms with Gasteiger partial charge < -0.3 is 19.9 Å². The Hall–Kier alpha value is -2.53. The Balaban J connectivity index is 1.77. The van der Waals surface area contributed by atoms with Crippen LogP contribution in [-0.4, -0.2) is 31.8 Å². The molecule has 5 nitrogen and oxygen atoms in total. The normalized spacial score (nSPS) is 16.0. The topological polar surface area (TPSA) is 67.8 Å². The summed E-state index contributed by atoms with van der Waals surface area (Å²) in [4.78, 5) is 12.6. The van der Waals surface area contributed by atoms with Crippen LogP contribution >= 0.6 is 0 Å². The molecule has 0 unspecified atom stereocenters. The van der Waals surface area contributed by atoms with Crippen LogP contribution < -0.4 is 14.8 Å². The van der Waals surface area contributed by atoms with Gasteiger partial charge in [0.25, 0.3) is 5.91 Å². The number of amides is 1. The van der Waals surface area contributed by atoms with E-state index in [9.17, 15) is 9.90 Å². The van der Waals surface area contributed by atoms with Crippen LogP contribution in [0.15, 0.2) is 48.5 Å². The number of nitrogens with one attached hydrogen (secondary N) is 1. The van der Waals surface area contributed by atoms with Crippen LogP contribution in [0.3, 0.4) is 0 Å². The highest BCUT2D eigenvalue weighted by Crippen LogP contribution is 2.45. The van der Waals surface area contributed by atoms with Crippen molar-refractivity contribution in [1.29, 1.82) is 0 Å². The third-order valence-electron chi connectivity index (χ3n) is 4.66. The van der Waals surface area contributed by atoms with Crippen LogP contribution in [0, 0.1) is 5.92 Å². The van der Waals surface area contributed by atoms with Gasteiger partial charge in [-0.15, -0.1) is 0 Å². The molecule has 0 heterocycles. The van der Waals surface area contributed by atoms with Crippen molar-refractivity contribution in [3.05, 3.63) is 59.7 Å². The smallest absolute Gasteiger partial charge is 0.251 e. The molecule has 0 aliphatic heterocycles. The summed E-state index contributed by atoms with van der Waals surface area (Å²) in [6.45, 7) is 0.167. The fourth-order valence-corrected chi connectivity index (χ4v) is 3.03. The van der Waals surface area contributed by atoms with E-state index in [1.807, 2.05) is 30.3 Å². The zero-order chi connectivity index (χ0) is 17.9. The molecule has 0 spiro atoms. The zero-order valence-electron chi connectivity index (χ0n) is 14.5. The van der Waals surface area contributed by atoms with E-state index in [0.29, 0.717) is 17.1 Å². The Labute approximate surface area is 147 Å². The molecule has 2 aromatic carbocycles. The monoisotopic (exact) mass is 341 g/mol. The van der Waals surface area contributed by atoms with Gasteiger partial charge in [0.2, 0.25) is 0 Å². The molecule has 2 aromatic rings. The number of benzene rings is 2. The van der Waals surface area contributed by atoms with Gasteiger partial charge in [0.05, 0.1) is 20.8 Å². The van der Waals surface area contributed by atoms with Crippen LogP contribution in [-0.2, 0) is 5.60 Å². The maximum atomic E-state index is 12.6. The Kier molecular flexibility index (Phi) is 4.95. The second-order valence-corrected chi connectivity index (χ2v) is 6.35. The summed E-state index contributed by atoms with van der Waals surface area (Å²) in [5.41, 5.74) is 0.225. The SMILES string of the molecule is COc1cc(OC)cc(C(=O)NC[C@@](O)(c2ccccc2)C2CC2)c1. The first-order chi connectivity index (χ1) is 12.1. The third-order valence-corrected chi connectivity index (χ3v) is 4.66. The molecule has 1 aliphatic carbocycles. The predicted molar refractivity (Wildman–Crippen MR) is 94.9 cm³/mol. The minimum atomic E-state index is -1.04. The van der Waals surface area contributed by atoms with Crippen molar-refractivity contribution in [2.45, 2.75) is 18.4 Å². The van der Waals surface area contributed by atoms with E-state index < -0.39 is 5.60 Å². The molecule has 25 heavy (non-hydrogen) atoms. The van der Waals surface area contributed by atoms with Crippen molar-refractivity contribution in [2.75, 3.05) is 20.8 Å². The molecule has 0 saturated heterocycles. The summed E-state index contributed by atoms with van der Waals surface area (Å²) in [5.74, 6) is 0.997. The van der Waals surface area contributed by atoms with Crippen molar-refractivity contribution in [2.24, 2.45) is 5.92 Å². The average Bonchev–Trinajstić information content (AvgIpc) is 3.51. The summed E-state index contributed by atoms with van der Waals surface area (Å²) in [6, 6.07) is 14.5. The lowest BCUT2D eigenvalue weighted by Gasteiger charge is -2.29. The Morgan fingerprint density at radius 3 is 2.24 bits per heavy atom. The molecule has 1 aliphatic rings. The Morgan fingerprint density at radius 1 is 1.12 bits per heavy atom. The average molecular weight is 341 g/mol. The van der Waals surface area contributed by atoms with Gasteiger partial charge in [-0.05, 0) is 36.5 Å². The summed E-state index contributed by atoms with van der Waals surface area (Å²) < 4.78 is 10.4. The molecule has 0 bridgehead atoms. The Bertz CT molecular complexity index is 720. The van der Waals surface area contributed by atoms with Gasteiger partial charge >= 0.3 is 0 Å². The Morgan fingerprint density at radius 2 is 1.72 bits per heavy atom. The van der Waals surface area contributed by atoms with E-state index in [2.05, 4.69) is 5.32 Å². The van der Waals surface area contributed by atoms with Gasteiger partial charge in [-0.25, -0.2) is 0 Å². The van der Waals surface area contributed by atoms with Gasteiger partial charge in [-0.1, -0.05) is 30.3 Å². The molecular weight excluding hydrogens is 318 g/mol. The standard InChI is InChI=1S/C20H23NO4/c1-24-17-10-14(11-18(12-17)25-2)19(22)21-13-20(23,16-8-9-16)15-6-4-3-5-7-15/h3-7,10-12,16,23H,8-9,13H2,1-2H3,(H,21,22)/t20-/m1/s1. The molecule has 1 fully saturated rings. The number of hydrogen-bond acceptors (Lipinski definition) is 4.